The third-order valence-electron chi connectivity index (χ3n) is 4.17. The second-order valence-corrected chi connectivity index (χ2v) is 5.00. The average Bonchev–Trinajstić information content (AvgIpc) is 3.17. The first-order chi connectivity index (χ1) is 8.70. The molecule has 3 N–H and O–H groups in total. The lowest BCUT2D eigenvalue weighted by molar-refractivity contribution is -0.373. The van der Waals surface area contributed by atoms with E-state index in [1.807, 2.05) is 36.9 Å². The Morgan fingerprint density at radius 2 is 1.89 bits per heavy atom. The summed E-state index contributed by atoms with van der Waals surface area (Å²) in [5.41, 5.74) is 4.87. The molecule has 0 bridgehead atoms. The van der Waals surface area contributed by atoms with Crippen molar-refractivity contribution in [2.45, 2.75) is 25.7 Å². The zero-order valence-electron chi connectivity index (χ0n) is 11.7. The van der Waals surface area contributed by atoms with Crippen LogP contribution in [0.4, 0.5) is 0 Å². The summed E-state index contributed by atoms with van der Waals surface area (Å²) in [6, 6.07) is 10.2. The summed E-state index contributed by atoms with van der Waals surface area (Å²) in [5, 5.41) is 0. The number of halogens is 1. The molecule has 3 nitrogen and oxygen atoms in total. The predicted molar refractivity (Wildman–Crippen MR) is 71.9 cm³/mol. The molecular weight excluding hydrogens is 260 g/mol. The maximum Gasteiger partial charge on any atom is 0.233 e. The van der Waals surface area contributed by atoms with Crippen LogP contribution in [0.2, 0.25) is 0 Å². The van der Waals surface area contributed by atoms with Crippen molar-refractivity contribution in [3.05, 3.63) is 35.9 Å². The van der Waals surface area contributed by atoms with Gasteiger partial charge in [-0.3, -0.25) is 4.79 Å². The fraction of sp³-hybridized carbons (Fsp3) is 0.533. The van der Waals surface area contributed by atoms with Gasteiger partial charge in [-0.1, -0.05) is 30.3 Å². The van der Waals surface area contributed by atoms with E-state index in [-0.39, 0.29) is 23.7 Å². The van der Waals surface area contributed by atoms with E-state index in [0.717, 1.165) is 31.6 Å². The minimum Gasteiger partial charge on any atom is -1.00 e. The molecule has 0 heterocycles. The van der Waals surface area contributed by atoms with Crippen molar-refractivity contribution in [2.75, 3.05) is 19.6 Å². The standard InChI is InChI=1S/C15H22N2O.ClH/c1-3-17(4-2)14(18)15(10-13(15)11-16)12-8-6-5-7-9-12;/h5-9,13H,3-4,10-11,16H2,1-2H3;1H/t13-,15-;/m0./s1. The lowest BCUT2D eigenvalue weighted by Gasteiger charge is -2.26. The summed E-state index contributed by atoms with van der Waals surface area (Å²) in [5.74, 6) is 0.695. The van der Waals surface area contributed by atoms with Gasteiger partial charge in [-0.05, 0) is 25.8 Å². The van der Waals surface area contributed by atoms with Crippen molar-refractivity contribution >= 4 is 5.91 Å². The number of benzene rings is 1. The molecular formula is C15H23ClN2O. The summed E-state index contributed by atoms with van der Waals surface area (Å²) < 4.78 is 0. The highest BCUT2D eigenvalue weighted by molar-refractivity contribution is 5.92. The zero-order chi connectivity index (χ0) is 13.2. The molecule has 1 amide bonds. The lowest BCUT2D eigenvalue weighted by Crippen LogP contribution is -3.00. The number of amides is 1. The van der Waals surface area contributed by atoms with Crippen molar-refractivity contribution in [2.24, 2.45) is 5.92 Å². The van der Waals surface area contributed by atoms with Crippen LogP contribution in [0.3, 0.4) is 0 Å². The van der Waals surface area contributed by atoms with Gasteiger partial charge in [0, 0.05) is 19.0 Å². The minimum absolute atomic E-state index is 0. The molecule has 0 spiro atoms. The molecule has 106 valence electrons. The molecule has 1 aliphatic rings. The van der Waals surface area contributed by atoms with Crippen LogP contribution >= 0.6 is 0 Å². The van der Waals surface area contributed by atoms with Crippen molar-refractivity contribution in [3.63, 3.8) is 0 Å². The van der Waals surface area contributed by atoms with Gasteiger partial charge >= 0.3 is 0 Å². The van der Waals surface area contributed by atoms with Crippen LogP contribution in [-0.4, -0.2) is 30.4 Å². The molecule has 4 heteroatoms. The van der Waals surface area contributed by atoms with E-state index in [1.54, 1.807) is 0 Å². The zero-order valence-corrected chi connectivity index (χ0v) is 12.5. The maximum atomic E-state index is 12.8. The Balaban J connectivity index is 0.00000180. The van der Waals surface area contributed by atoms with Gasteiger partial charge in [-0.2, -0.15) is 0 Å². The average molecular weight is 283 g/mol. The van der Waals surface area contributed by atoms with Crippen LogP contribution in [-0.2, 0) is 10.2 Å². The van der Waals surface area contributed by atoms with Crippen molar-refractivity contribution in [3.8, 4) is 0 Å². The Morgan fingerprint density at radius 3 is 2.32 bits per heavy atom. The van der Waals surface area contributed by atoms with Gasteiger partial charge in [-0.15, -0.1) is 0 Å². The minimum atomic E-state index is -0.283. The van der Waals surface area contributed by atoms with Gasteiger partial charge in [0.1, 0.15) is 0 Å². The first-order valence-electron chi connectivity index (χ1n) is 6.84. The number of likely N-dealkylation sites (N-methyl/N-ethyl adjacent to an activating group) is 1. The number of carbonyl (C=O) groups excluding carboxylic acids is 1. The second-order valence-electron chi connectivity index (χ2n) is 5.00. The molecule has 0 aromatic heterocycles. The summed E-state index contributed by atoms with van der Waals surface area (Å²) >= 11 is 0. The van der Waals surface area contributed by atoms with E-state index in [0.29, 0.717) is 5.92 Å². The lowest BCUT2D eigenvalue weighted by atomic mass is 9.91. The van der Waals surface area contributed by atoms with Gasteiger partial charge in [-0.25, -0.2) is 0 Å². The third-order valence-corrected chi connectivity index (χ3v) is 4.17. The molecule has 1 saturated carbocycles. The summed E-state index contributed by atoms with van der Waals surface area (Å²) in [6.45, 7) is 6.49. The predicted octanol–water partition coefficient (Wildman–Crippen LogP) is -1.94. The number of rotatable bonds is 5. The molecule has 2 rings (SSSR count). The Bertz CT molecular complexity index is 419. The number of quaternary nitrogens is 1. The second kappa shape index (κ2) is 6.40. The summed E-state index contributed by atoms with van der Waals surface area (Å²) in [6.07, 6.45) is 0.954. The molecule has 0 saturated heterocycles. The number of carbonyl (C=O) groups is 1. The molecule has 1 aromatic rings. The van der Waals surface area contributed by atoms with Crippen LogP contribution in [0.25, 0.3) is 0 Å². The van der Waals surface area contributed by atoms with E-state index in [2.05, 4.69) is 17.9 Å². The molecule has 0 aliphatic heterocycles. The fourth-order valence-corrected chi connectivity index (χ4v) is 2.95. The molecule has 0 radical (unpaired) electrons. The molecule has 1 aromatic carbocycles. The van der Waals surface area contributed by atoms with Crippen LogP contribution in [0.15, 0.2) is 30.3 Å². The quantitative estimate of drug-likeness (QED) is 0.671. The van der Waals surface area contributed by atoms with E-state index >= 15 is 0 Å². The van der Waals surface area contributed by atoms with Gasteiger partial charge < -0.3 is 23.0 Å². The van der Waals surface area contributed by atoms with Gasteiger partial charge in [0.25, 0.3) is 0 Å². The normalized spacial score (nSPS) is 24.5. The Hall–Kier alpha value is -1.06. The highest BCUT2D eigenvalue weighted by Crippen LogP contribution is 2.54. The molecule has 2 atom stereocenters. The van der Waals surface area contributed by atoms with Gasteiger partial charge in [0.15, 0.2) is 0 Å². The molecule has 1 aliphatic carbocycles. The van der Waals surface area contributed by atoms with Gasteiger partial charge in [0.05, 0.1) is 12.0 Å². The first-order valence-corrected chi connectivity index (χ1v) is 6.84. The highest BCUT2D eigenvalue weighted by Gasteiger charge is 2.62. The highest BCUT2D eigenvalue weighted by atomic mass is 35.5. The Morgan fingerprint density at radius 1 is 1.32 bits per heavy atom. The van der Waals surface area contributed by atoms with Crippen LogP contribution < -0.4 is 18.1 Å². The van der Waals surface area contributed by atoms with Crippen LogP contribution in [0.5, 0.6) is 0 Å². The van der Waals surface area contributed by atoms with Crippen molar-refractivity contribution in [1.82, 2.24) is 4.90 Å². The summed E-state index contributed by atoms with van der Waals surface area (Å²) in [7, 11) is 0. The molecule has 1 fully saturated rings. The largest absolute Gasteiger partial charge is 1.00 e. The Labute approximate surface area is 121 Å². The SMILES string of the molecule is CCN(CC)C(=O)[C@]1(c2ccccc2)C[C@H]1C[NH3+].[Cl-]. The van der Waals surface area contributed by atoms with Crippen LogP contribution in [0, 0.1) is 5.92 Å². The fourth-order valence-electron chi connectivity index (χ4n) is 2.95. The van der Waals surface area contributed by atoms with Crippen molar-refractivity contribution in [1.29, 1.82) is 0 Å². The van der Waals surface area contributed by atoms with E-state index in [4.69, 9.17) is 0 Å². The number of hydrogen-bond acceptors (Lipinski definition) is 1. The first kappa shape index (κ1) is 16.0. The number of hydrogen-bond donors (Lipinski definition) is 1. The van der Waals surface area contributed by atoms with E-state index < -0.39 is 0 Å². The monoisotopic (exact) mass is 282 g/mol. The molecule has 19 heavy (non-hydrogen) atoms. The van der Waals surface area contributed by atoms with E-state index in [9.17, 15) is 4.79 Å². The third kappa shape index (κ3) is 2.63. The Kier molecular flexibility index (Phi) is 5.39. The smallest absolute Gasteiger partial charge is 0.233 e. The maximum absolute atomic E-state index is 12.8. The summed E-state index contributed by atoms with van der Waals surface area (Å²) in [4.78, 5) is 14.7. The topological polar surface area (TPSA) is 48.0 Å². The van der Waals surface area contributed by atoms with Crippen molar-refractivity contribution < 1.29 is 22.9 Å². The van der Waals surface area contributed by atoms with Crippen LogP contribution in [0.1, 0.15) is 25.8 Å². The number of nitrogens with zero attached hydrogens (tertiary/aromatic N) is 1. The van der Waals surface area contributed by atoms with Gasteiger partial charge in [0.2, 0.25) is 5.91 Å². The molecule has 0 unspecified atom stereocenters. The van der Waals surface area contributed by atoms with E-state index in [1.165, 1.54) is 0 Å².